The quantitative estimate of drug-likeness (QED) is 0.307. The average Bonchev–Trinajstić information content (AvgIpc) is 2.79. The highest BCUT2D eigenvalue weighted by Gasteiger charge is 2.31. The van der Waals surface area contributed by atoms with Crippen LogP contribution in [-0.2, 0) is 6.18 Å². The van der Waals surface area contributed by atoms with Gasteiger partial charge in [0.15, 0.2) is 5.75 Å². The largest absolute Gasteiger partial charge is 0.478 e. The van der Waals surface area contributed by atoms with Crippen molar-refractivity contribution in [1.82, 2.24) is 0 Å². The Morgan fingerprint density at radius 2 is 1.60 bits per heavy atom. The topological polar surface area (TPSA) is 156 Å². The fraction of sp³-hybridized carbons (Fsp3) is 0.0455. The van der Waals surface area contributed by atoms with Gasteiger partial charge < -0.3 is 20.3 Å². The molecule has 0 radical (unpaired) electrons. The van der Waals surface area contributed by atoms with Crippen LogP contribution < -0.4 is 10.1 Å². The van der Waals surface area contributed by atoms with E-state index in [1.807, 2.05) is 0 Å². The maximum absolute atomic E-state index is 13.2. The van der Waals surface area contributed by atoms with Gasteiger partial charge >= 0.3 is 18.1 Å². The molecule has 0 bridgehead atoms. The van der Waals surface area contributed by atoms with Gasteiger partial charge in [-0.3, -0.25) is 14.9 Å². The zero-order valence-corrected chi connectivity index (χ0v) is 17.2. The smallest absolute Gasteiger partial charge is 0.416 e. The van der Waals surface area contributed by atoms with Gasteiger partial charge in [-0.05, 0) is 42.5 Å². The number of amides is 1. The number of carbonyl (C=O) groups excluding carboxylic acids is 1. The number of anilines is 1. The molecule has 0 aromatic heterocycles. The molecule has 1 amide bonds. The van der Waals surface area contributed by atoms with E-state index in [4.69, 9.17) is 9.84 Å². The number of benzene rings is 3. The number of rotatable bonds is 7. The molecule has 0 spiro atoms. The van der Waals surface area contributed by atoms with E-state index in [-0.39, 0.29) is 17.1 Å². The van der Waals surface area contributed by atoms with E-state index in [2.05, 4.69) is 5.32 Å². The number of nitrogens with one attached hydrogen (secondary N) is 1. The second-order valence-electron chi connectivity index (χ2n) is 6.89. The summed E-state index contributed by atoms with van der Waals surface area (Å²) in [5, 5.41) is 31.5. The van der Waals surface area contributed by atoms with Gasteiger partial charge in [-0.15, -0.1) is 0 Å². The molecule has 0 heterocycles. The van der Waals surface area contributed by atoms with Gasteiger partial charge in [0.1, 0.15) is 5.75 Å². The first kappa shape index (κ1) is 24.7. The second-order valence-corrected chi connectivity index (χ2v) is 6.89. The van der Waals surface area contributed by atoms with Gasteiger partial charge in [-0.25, -0.2) is 9.59 Å². The Balaban J connectivity index is 2.01. The Bertz CT molecular complexity index is 1350. The van der Waals surface area contributed by atoms with E-state index >= 15 is 0 Å². The first-order valence-electron chi connectivity index (χ1n) is 9.42. The maximum atomic E-state index is 13.2. The van der Waals surface area contributed by atoms with Gasteiger partial charge in [0.05, 0.1) is 27.3 Å². The Labute approximate surface area is 193 Å². The summed E-state index contributed by atoms with van der Waals surface area (Å²) in [4.78, 5) is 45.4. The molecule has 10 nitrogen and oxygen atoms in total. The molecule has 35 heavy (non-hydrogen) atoms. The summed E-state index contributed by atoms with van der Waals surface area (Å²) in [7, 11) is 0. The van der Waals surface area contributed by atoms with Crippen LogP contribution in [-0.4, -0.2) is 33.0 Å². The van der Waals surface area contributed by atoms with Gasteiger partial charge in [0.2, 0.25) is 0 Å². The highest BCUT2D eigenvalue weighted by molar-refractivity contribution is 6.05. The van der Waals surface area contributed by atoms with Crippen LogP contribution in [0.4, 0.5) is 24.5 Å². The van der Waals surface area contributed by atoms with Gasteiger partial charge in [0.25, 0.3) is 11.6 Å². The van der Waals surface area contributed by atoms with Gasteiger partial charge in [0, 0.05) is 17.7 Å². The van der Waals surface area contributed by atoms with Gasteiger partial charge in [-0.2, -0.15) is 13.2 Å². The molecule has 0 aliphatic rings. The number of nitro benzene ring substituents is 1. The number of hydrogen-bond acceptors (Lipinski definition) is 6. The van der Waals surface area contributed by atoms with Crippen LogP contribution in [0.3, 0.4) is 0 Å². The molecule has 3 N–H and O–H groups in total. The summed E-state index contributed by atoms with van der Waals surface area (Å²) in [5.41, 5.74) is -3.44. The summed E-state index contributed by atoms with van der Waals surface area (Å²) in [5.74, 6) is -4.66. The highest BCUT2D eigenvalue weighted by atomic mass is 19.4. The zero-order chi connectivity index (χ0) is 25.9. The summed E-state index contributed by atoms with van der Waals surface area (Å²) in [6.07, 6.45) is -4.79. The molecule has 3 rings (SSSR count). The molecule has 0 aliphatic heterocycles. The average molecular weight is 490 g/mol. The third-order valence-corrected chi connectivity index (χ3v) is 4.55. The highest BCUT2D eigenvalue weighted by Crippen LogP contribution is 2.37. The fourth-order valence-electron chi connectivity index (χ4n) is 2.93. The van der Waals surface area contributed by atoms with Crippen molar-refractivity contribution in [3.05, 3.63) is 93.0 Å². The minimum absolute atomic E-state index is 0.221. The lowest BCUT2D eigenvalue weighted by Gasteiger charge is -2.16. The van der Waals surface area contributed by atoms with Gasteiger partial charge in [-0.1, -0.05) is 6.07 Å². The first-order chi connectivity index (χ1) is 16.4. The van der Waals surface area contributed by atoms with E-state index in [9.17, 15) is 42.8 Å². The van der Waals surface area contributed by atoms with E-state index in [1.54, 1.807) is 0 Å². The third-order valence-electron chi connectivity index (χ3n) is 4.55. The number of alkyl halides is 3. The van der Waals surface area contributed by atoms with Crippen molar-refractivity contribution in [1.29, 1.82) is 0 Å². The Morgan fingerprint density at radius 1 is 0.914 bits per heavy atom. The van der Waals surface area contributed by atoms with Crippen LogP contribution >= 0.6 is 0 Å². The minimum atomic E-state index is -4.79. The molecule has 0 fully saturated rings. The van der Waals surface area contributed by atoms with Crippen molar-refractivity contribution in [2.75, 3.05) is 5.32 Å². The van der Waals surface area contributed by atoms with Crippen LogP contribution in [0.5, 0.6) is 11.5 Å². The fourth-order valence-corrected chi connectivity index (χ4v) is 2.93. The molecular formula is C22H13F3N2O8. The van der Waals surface area contributed by atoms with E-state index < -0.39 is 57.0 Å². The van der Waals surface area contributed by atoms with Crippen LogP contribution in [0.1, 0.15) is 36.6 Å². The molecule has 180 valence electrons. The second kappa shape index (κ2) is 9.51. The van der Waals surface area contributed by atoms with E-state index in [1.165, 1.54) is 12.1 Å². The van der Waals surface area contributed by atoms with Crippen LogP contribution in [0.25, 0.3) is 0 Å². The standard InChI is InChI=1S/C22H13F3N2O8/c23-22(24,25)12-4-7-18(35-14-5-6-15(20(29)30)16(10-14)21(31)32)17(9-12)26-19(28)11-2-1-3-13(8-11)27(33)34/h1-10H,(H,26,28)(H,29,30)(H,31,32). The van der Waals surface area contributed by atoms with Crippen molar-refractivity contribution in [2.24, 2.45) is 0 Å². The molecule has 3 aromatic carbocycles. The molecule has 0 unspecified atom stereocenters. The number of aromatic carboxylic acids is 2. The number of nitrogens with zero attached hydrogens (tertiary/aromatic N) is 1. The lowest BCUT2D eigenvalue weighted by molar-refractivity contribution is -0.384. The van der Waals surface area contributed by atoms with Crippen molar-refractivity contribution in [3.63, 3.8) is 0 Å². The molecule has 0 aliphatic carbocycles. The minimum Gasteiger partial charge on any atom is -0.478 e. The molecule has 0 atom stereocenters. The Morgan fingerprint density at radius 3 is 2.20 bits per heavy atom. The van der Waals surface area contributed by atoms with Crippen LogP contribution in [0.15, 0.2) is 60.7 Å². The number of carboxylic acids is 2. The van der Waals surface area contributed by atoms with Crippen molar-refractivity contribution in [3.8, 4) is 11.5 Å². The molecular weight excluding hydrogens is 477 g/mol. The van der Waals surface area contributed by atoms with Crippen molar-refractivity contribution < 1.29 is 47.4 Å². The summed E-state index contributed by atoms with van der Waals surface area (Å²) in [6, 6.07) is 9.44. The Kier molecular flexibility index (Phi) is 6.71. The lowest BCUT2D eigenvalue weighted by Crippen LogP contribution is -2.14. The molecule has 0 saturated carbocycles. The number of non-ortho nitro benzene ring substituents is 1. The summed E-state index contributed by atoms with van der Waals surface area (Å²) in [6.45, 7) is 0. The number of hydrogen-bond donors (Lipinski definition) is 3. The zero-order valence-electron chi connectivity index (χ0n) is 17.2. The predicted octanol–water partition coefficient (Wildman–Crippen LogP) is 5.05. The van der Waals surface area contributed by atoms with Crippen molar-refractivity contribution >= 4 is 29.2 Å². The number of nitro groups is 1. The number of carbonyl (C=O) groups is 3. The van der Waals surface area contributed by atoms with E-state index in [0.717, 1.165) is 36.4 Å². The number of carboxylic acid groups (broad SMARTS) is 2. The summed E-state index contributed by atoms with van der Waals surface area (Å²) < 4.78 is 45.2. The summed E-state index contributed by atoms with van der Waals surface area (Å²) >= 11 is 0. The Hall–Kier alpha value is -4.94. The first-order valence-corrected chi connectivity index (χ1v) is 9.42. The maximum Gasteiger partial charge on any atom is 0.416 e. The van der Waals surface area contributed by atoms with E-state index in [0.29, 0.717) is 12.1 Å². The molecule has 3 aromatic rings. The van der Waals surface area contributed by atoms with Crippen LogP contribution in [0, 0.1) is 10.1 Å². The SMILES string of the molecule is O=C(Nc1cc(C(F)(F)F)ccc1Oc1ccc(C(=O)O)c(C(=O)O)c1)c1cccc([N+](=O)[O-])c1. The van der Waals surface area contributed by atoms with Crippen molar-refractivity contribution in [2.45, 2.75) is 6.18 Å². The lowest BCUT2D eigenvalue weighted by atomic mass is 10.1. The third kappa shape index (κ3) is 5.71. The number of halogens is 3. The molecule has 13 heteroatoms. The predicted molar refractivity (Wildman–Crippen MR) is 113 cm³/mol. The normalized spacial score (nSPS) is 10.9. The molecule has 0 saturated heterocycles. The monoisotopic (exact) mass is 490 g/mol. The number of ether oxygens (including phenoxy) is 1. The van der Waals surface area contributed by atoms with Crippen LogP contribution in [0.2, 0.25) is 0 Å².